The maximum Gasteiger partial charge on any atom is 0.336 e. The van der Waals surface area contributed by atoms with E-state index >= 15 is 0 Å². The van der Waals surface area contributed by atoms with Gasteiger partial charge in [0.25, 0.3) is 0 Å². The predicted octanol–water partition coefficient (Wildman–Crippen LogP) is 3.37. The lowest BCUT2D eigenvalue weighted by atomic mass is 10.2. The maximum absolute atomic E-state index is 11.3. The van der Waals surface area contributed by atoms with Gasteiger partial charge in [-0.3, -0.25) is 0 Å². The Bertz CT molecular complexity index is 745. The van der Waals surface area contributed by atoms with Crippen molar-refractivity contribution >= 4 is 11.0 Å². The summed E-state index contributed by atoms with van der Waals surface area (Å²) in [6.07, 6.45) is 0. The van der Waals surface area contributed by atoms with Gasteiger partial charge in [0.2, 0.25) is 0 Å². The van der Waals surface area contributed by atoms with E-state index in [1.807, 2.05) is 42.5 Å². The molecule has 0 spiro atoms. The molecule has 1 heterocycles. The highest BCUT2D eigenvalue weighted by Crippen LogP contribution is 2.24. The first-order valence-electron chi connectivity index (χ1n) is 6.02. The molecule has 3 heteroatoms. The molecule has 0 saturated heterocycles. The van der Waals surface area contributed by atoms with Gasteiger partial charge >= 0.3 is 5.63 Å². The van der Waals surface area contributed by atoms with Crippen LogP contribution >= 0.6 is 0 Å². The second-order valence-electron chi connectivity index (χ2n) is 4.20. The number of benzene rings is 2. The van der Waals surface area contributed by atoms with Crippen LogP contribution in [0.25, 0.3) is 11.0 Å². The Balaban J connectivity index is 1.93. The van der Waals surface area contributed by atoms with Crippen LogP contribution in [0.2, 0.25) is 0 Å². The minimum absolute atomic E-state index is 0.372. The van der Waals surface area contributed by atoms with Crippen LogP contribution in [0.3, 0.4) is 0 Å². The predicted molar refractivity (Wildman–Crippen MR) is 73.3 cm³/mol. The van der Waals surface area contributed by atoms with Crippen molar-refractivity contribution in [1.29, 1.82) is 0 Å². The molecule has 0 fully saturated rings. The molecular formula is C16H12O3. The molecule has 3 rings (SSSR count). The van der Waals surface area contributed by atoms with Crippen LogP contribution in [0.5, 0.6) is 5.75 Å². The normalized spacial score (nSPS) is 10.5. The Morgan fingerprint density at radius 1 is 0.895 bits per heavy atom. The molecule has 19 heavy (non-hydrogen) atoms. The number of para-hydroxylation sites is 1. The van der Waals surface area contributed by atoms with Crippen LogP contribution in [0.4, 0.5) is 0 Å². The zero-order chi connectivity index (χ0) is 13.1. The first kappa shape index (κ1) is 11.5. The Hall–Kier alpha value is -2.55. The minimum Gasteiger partial charge on any atom is -0.485 e. The second kappa shape index (κ2) is 4.98. The highest BCUT2D eigenvalue weighted by atomic mass is 16.5. The molecule has 3 aromatic rings. The van der Waals surface area contributed by atoms with E-state index in [0.717, 1.165) is 10.9 Å². The van der Waals surface area contributed by atoms with E-state index in [1.165, 1.54) is 6.07 Å². The van der Waals surface area contributed by atoms with Crippen molar-refractivity contribution < 1.29 is 9.15 Å². The Labute approximate surface area is 110 Å². The van der Waals surface area contributed by atoms with Gasteiger partial charge in [0.1, 0.15) is 6.61 Å². The van der Waals surface area contributed by atoms with E-state index in [0.29, 0.717) is 17.9 Å². The summed E-state index contributed by atoms with van der Waals surface area (Å²) in [4.78, 5) is 11.3. The van der Waals surface area contributed by atoms with Crippen LogP contribution in [-0.2, 0) is 6.61 Å². The largest absolute Gasteiger partial charge is 0.485 e. The van der Waals surface area contributed by atoms with Gasteiger partial charge in [-0.05, 0) is 17.7 Å². The van der Waals surface area contributed by atoms with Gasteiger partial charge < -0.3 is 9.15 Å². The van der Waals surface area contributed by atoms with Crippen molar-refractivity contribution in [2.45, 2.75) is 6.61 Å². The zero-order valence-corrected chi connectivity index (χ0v) is 10.2. The Kier molecular flexibility index (Phi) is 3.02. The van der Waals surface area contributed by atoms with E-state index < -0.39 is 0 Å². The van der Waals surface area contributed by atoms with Gasteiger partial charge in [0, 0.05) is 11.5 Å². The third-order valence-electron chi connectivity index (χ3n) is 2.85. The molecule has 0 radical (unpaired) electrons. The molecule has 3 nitrogen and oxygen atoms in total. The fourth-order valence-corrected chi connectivity index (χ4v) is 1.91. The summed E-state index contributed by atoms with van der Waals surface area (Å²) in [5, 5.41) is 0.852. The lowest BCUT2D eigenvalue weighted by Crippen LogP contribution is -1.99. The average Bonchev–Trinajstić information content (AvgIpc) is 2.46. The van der Waals surface area contributed by atoms with Gasteiger partial charge in [-0.15, -0.1) is 0 Å². The van der Waals surface area contributed by atoms with Gasteiger partial charge in [0.05, 0.1) is 0 Å². The highest BCUT2D eigenvalue weighted by molar-refractivity contribution is 5.82. The lowest BCUT2D eigenvalue weighted by Gasteiger charge is -2.07. The van der Waals surface area contributed by atoms with Crippen LogP contribution in [0.15, 0.2) is 69.9 Å². The molecular weight excluding hydrogens is 240 g/mol. The topological polar surface area (TPSA) is 39.4 Å². The van der Waals surface area contributed by atoms with E-state index in [1.54, 1.807) is 12.1 Å². The molecule has 0 aliphatic carbocycles. The molecule has 1 aromatic heterocycles. The van der Waals surface area contributed by atoms with Crippen LogP contribution in [0, 0.1) is 0 Å². The number of hydrogen-bond donors (Lipinski definition) is 0. The third kappa shape index (κ3) is 2.50. The van der Waals surface area contributed by atoms with Crippen LogP contribution in [0.1, 0.15) is 5.56 Å². The van der Waals surface area contributed by atoms with E-state index in [9.17, 15) is 4.79 Å². The van der Waals surface area contributed by atoms with Crippen molar-refractivity contribution in [1.82, 2.24) is 0 Å². The third-order valence-corrected chi connectivity index (χ3v) is 2.85. The summed E-state index contributed by atoms with van der Waals surface area (Å²) in [7, 11) is 0. The van der Waals surface area contributed by atoms with Crippen molar-refractivity contribution in [3.05, 3.63) is 76.6 Å². The minimum atomic E-state index is -0.372. The van der Waals surface area contributed by atoms with E-state index in [-0.39, 0.29) is 5.63 Å². The number of rotatable bonds is 3. The molecule has 2 aromatic carbocycles. The van der Waals surface area contributed by atoms with Crippen molar-refractivity contribution in [2.24, 2.45) is 0 Å². The van der Waals surface area contributed by atoms with Crippen LogP contribution < -0.4 is 10.4 Å². The summed E-state index contributed by atoms with van der Waals surface area (Å²) in [6, 6.07) is 18.6. The Morgan fingerprint density at radius 2 is 1.74 bits per heavy atom. The standard InChI is InChI=1S/C16H12O3/c17-15-10-9-13-7-4-8-14(16(13)19-15)18-11-12-5-2-1-3-6-12/h1-10H,11H2. The number of ether oxygens (including phenoxy) is 1. The monoisotopic (exact) mass is 252 g/mol. The fourth-order valence-electron chi connectivity index (χ4n) is 1.91. The maximum atomic E-state index is 11.3. The number of hydrogen-bond acceptors (Lipinski definition) is 3. The first-order chi connectivity index (χ1) is 9.33. The molecule has 0 unspecified atom stereocenters. The van der Waals surface area contributed by atoms with Crippen molar-refractivity contribution in [3.63, 3.8) is 0 Å². The van der Waals surface area contributed by atoms with Gasteiger partial charge in [0.15, 0.2) is 11.3 Å². The molecule has 0 atom stereocenters. The van der Waals surface area contributed by atoms with Gasteiger partial charge in [-0.1, -0.05) is 42.5 Å². The summed E-state index contributed by atoms with van der Waals surface area (Å²) in [5.74, 6) is 0.582. The lowest BCUT2D eigenvalue weighted by molar-refractivity contribution is 0.304. The SMILES string of the molecule is O=c1ccc2cccc(OCc3ccccc3)c2o1. The summed E-state index contributed by atoms with van der Waals surface area (Å²) < 4.78 is 10.9. The molecule has 0 amide bonds. The van der Waals surface area contributed by atoms with E-state index in [2.05, 4.69) is 0 Å². The number of fused-ring (bicyclic) bond motifs is 1. The van der Waals surface area contributed by atoms with Gasteiger partial charge in [-0.2, -0.15) is 0 Å². The first-order valence-corrected chi connectivity index (χ1v) is 6.02. The van der Waals surface area contributed by atoms with Crippen molar-refractivity contribution in [2.75, 3.05) is 0 Å². The summed E-state index contributed by atoms with van der Waals surface area (Å²) >= 11 is 0. The smallest absolute Gasteiger partial charge is 0.336 e. The molecule has 0 saturated carbocycles. The Morgan fingerprint density at radius 3 is 2.58 bits per heavy atom. The summed E-state index contributed by atoms with van der Waals surface area (Å²) in [5.41, 5.74) is 1.19. The molecule has 0 bridgehead atoms. The molecule has 0 aliphatic heterocycles. The molecule has 94 valence electrons. The fraction of sp³-hybridized carbons (Fsp3) is 0.0625. The second-order valence-corrected chi connectivity index (χ2v) is 4.20. The quantitative estimate of drug-likeness (QED) is 0.671. The molecule has 0 N–H and O–H groups in total. The van der Waals surface area contributed by atoms with Crippen molar-refractivity contribution in [3.8, 4) is 5.75 Å². The average molecular weight is 252 g/mol. The van der Waals surface area contributed by atoms with Gasteiger partial charge in [-0.25, -0.2) is 4.79 Å². The highest BCUT2D eigenvalue weighted by Gasteiger charge is 2.05. The molecule has 0 aliphatic rings. The zero-order valence-electron chi connectivity index (χ0n) is 10.2. The summed E-state index contributed by atoms with van der Waals surface area (Å²) in [6.45, 7) is 0.443. The van der Waals surface area contributed by atoms with E-state index in [4.69, 9.17) is 9.15 Å². The van der Waals surface area contributed by atoms with Crippen LogP contribution in [-0.4, -0.2) is 0 Å².